The molecule has 112 valence electrons. The summed E-state index contributed by atoms with van der Waals surface area (Å²) in [5.41, 5.74) is 5.57. The van der Waals surface area contributed by atoms with Crippen molar-refractivity contribution in [3.05, 3.63) is 34.1 Å². The molecular weight excluding hydrogens is 327 g/mol. The topological polar surface area (TPSA) is 64.3 Å². The molecule has 0 aliphatic rings. The van der Waals surface area contributed by atoms with Gasteiger partial charge in [0.2, 0.25) is 0 Å². The van der Waals surface area contributed by atoms with Crippen molar-refractivity contribution in [2.45, 2.75) is 32.3 Å². The summed E-state index contributed by atoms with van der Waals surface area (Å²) < 4.78 is 19.6. The average Bonchev–Trinajstić information content (AvgIpc) is 2.30. The van der Waals surface area contributed by atoms with E-state index in [4.69, 9.17) is 10.5 Å². The van der Waals surface area contributed by atoms with Gasteiger partial charge in [0.15, 0.2) is 0 Å². The van der Waals surface area contributed by atoms with Gasteiger partial charge < -0.3 is 15.8 Å². The maximum atomic E-state index is 13.9. The van der Waals surface area contributed by atoms with Gasteiger partial charge in [0.05, 0.1) is 0 Å². The maximum absolute atomic E-state index is 13.9. The van der Waals surface area contributed by atoms with Gasteiger partial charge >= 0.3 is 6.09 Å². The Morgan fingerprint density at radius 2 is 2.15 bits per heavy atom. The van der Waals surface area contributed by atoms with Gasteiger partial charge in [-0.05, 0) is 32.9 Å². The quantitative estimate of drug-likeness (QED) is 0.879. The molecule has 1 amide bonds. The first-order valence-electron chi connectivity index (χ1n) is 6.35. The van der Waals surface area contributed by atoms with Crippen LogP contribution in [0.4, 0.5) is 9.18 Å². The molecule has 0 bridgehead atoms. The first-order chi connectivity index (χ1) is 9.24. The summed E-state index contributed by atoms with van der Waals surface area (Å²) in [4.78, 5) is 11.6. The van der Waals surface area contributed by atoms with Crippen molar-refractivity contribution in [1.29, 1.82) is 0 Å². The fourth-order valence-electron chi connectivity index (χ4n) is 1.72. The maximum Gasteiger partial charge on any atom is 0.407 e. The summed E-state index contributed by atoms with van der Waals surface area (Å²) in [6, 6.07) is 4.72. The minimum absolute atomic E-state index is 0.213. The molecule has 0 heterocycles. The van der Waals surface area contributed by atoms with Crippen LogP contribution in [0.1, 0.15) is 32.3 Å². The van der Waals surface area contributed by atoms with E-state index >= 15 is 0 Å². The Bertz CT molecular complexity index is 454. The predicted octanol–water partition coefficient (Wildman–Crippen LogP) is 3.16. The molecule has 0 saturated heterocycles. The van der Waals surface area contributed by atoms with E-state index in [9.17, 15) is 9.18 Å². The Labute approximate surface area is 127 Å². The molecule has 3 N–H and O–H groups in total. The molecule has 1 atom stereocenters. The van der Waals surface area contributed by atoms with Gasteiger partial charge in [0.25, 0.3) is 0 Å². The molecule has 6 heteroatoms. The molecule has 20 heavy (non-hydrogen) atoms. The molecule has 0 aromatic heterocycles. The summed E-state index contributed by atoms with van der Waals surface area (Å²) in [7, 11) is 0. The Kier molecular flexibility index (Phi) is 5.95. The summed E-state index contributed by atoms with van der Waals surface area (Å²) in [6.45, 7) is 5.77. The Morgan fingerprint density at radius 1 is 1.50 bits per heavy atom. The predicted molar refractivity (Wildman–Crippen MR) is 80.1 cm³/mol. The fourth-order valence-corrected chi connectivity index (χ4v) is 2.39. The van der Waals surface area contributed by atoms with Crippen LogP contribution in [0.25, 0.3) is 0 Å². The lowest BCUT2D eigenvalue weighted by Gasteiger charge is -2.22. The van der Waals surface area contributed by atoms with Crippen LogP contribution in [0.15, 0.2) is 22.7 Å². The number of carbonyl (C=O) groups excluding carboxylic acids is 1. The zero-order valence-corrected chi connectivity index (χ0v) is 13.5. The Balaban J connectivity index is 2.71. The second-order valence-corrected chi connectivity index (χ2v) is 6.31. The third-order valence-corrected chi connectivity index (χ3v) is 3.28. The minimum atomic E-state index is -0.569. The van der Waals surface area contributed by atoms with Crippen molar-refractivity contribution in [3.63, 3.8) is 0 Å². The first-order valence-corrected chi connectivity index (χ1v) is 7.14. The number of halogens is 2. The van der Waals surface area contributed by atoms with Gasteiger partial charge in [-0.15, -0.1) is 0 Å². The molecule has 0 fully saturated rings. The number of hydrogen-bond donors (Lipinski definition) is 2. The second kappa shape index (κ2) is 7.04. The number of nitrogens with two attached hydrogens (primary N) is 1. The molecule has 1 aromatic rings. The zero-order chi connectivity index (χ0) is 15.3. The number of carbonyl (C=O) groups is 1. The number of benzene rings is 1. The standard InChI is InChI=1S/C14H20BrFN2O2/c1-14(2,3)20-13(19)18-8-9(7-17)12-10(15)5-4-6-11(12)16/h4-6,9H,7-8,17H2,1-3H3,(H,18,19). The van der Waals surface area contributed by atoms with Crippen molar-refractivity contribution in [2.24, 2.45) is 5.73 Å². The summed E-state index contributed by atoms with van der Waals surface area (Å²) in [5.74, 6) is -0.668. The Hall–Kier alpha value is -1.14. The molecule has 4 nitrogen and oxygen atoms in total. The lowest BCUT2D eigenvalue weighted by Crippen LogP contribution is -2.36. The Morgan fingerprint density at radius 3 is 2.65 bits per heavy atom. The summed E-state index contributed by atoms with van der Waals surface area (Å²) in [5, 5.41) is 2.61. The normalized spacial score (nSPS) is 12.9. The van der Waals surface area contributed by atoms with Gasteiger partial charge in [-0.3, -0.25) is 0 Å². The van der Waals surface area contributed by atoms with Crippen LogP contribution < -0.4 is 11.1 Å². The van der Waals surface area contributed by atoms with Crippen LogP contribution in [0.2, 0.25) is 0 Å². The molecule has 0 spiro atoms. The van der Waals surface area contributed by atoms with Crippen LogP contribution in [0.5, 0.6) is 0 Å². The third kappa shape index (κ3) is 5.09. The lowest BCUT2D eigenvalue weighted by molar-refractivity contribution is 0.0524. The smallest absolute Gasteiger partial charge is 0.407 e. The van der Waals surface area contributed by atoms with Crippen LogP contribution in [-0.4, -0.2) is 24.8 Å². The van der Waals surface area contributed by atoms with Gasteiger partial charge in [0.1, 0.15) is 11.4 Å². The molecule has 0 radical (unpaired) electrons. The molecule has 1 aromatic carbocycles. The van der Waals surface area contributed by atoms with E-state index in [0.717, 1.165) is 0 Å². The van der Waals surface area contributed by atoms with Gasteiger partial charge in [-0.1, -0.05) is 22.0 Å². The van der Waals surface area contributed by atoms with Gasteiger partial charge in [0, 0.05) is 29.0 Å². The molecule has 0 aliphatic heterocycles. The van der Waals surface area contributed by atoms with Crippen LogP contribution in [-0.2, 0) is 4.74 Å². The third-order valence-electron chi connectivity index (χ3n) is 2.58. The monoisotopic (exact) mass is 346 g/mol. The first kappa shape index (κ1) is 16.9. The van der Waals surface area contributed by atoms with Crippen LogP contribution in [0.3, 0.4) is 0 Å². The van der Waals surface area contributed by atoms with E-state index in [1.165, 1.54) is 6.07 Å². The fraction of sp³-hybridized carbons (Fsp3) is 0.500. The highest BCUT2D eigenvalue weighted by Crippen LogP contribution is 2.27. The van der Waals surface area contributed by atoms with Gasteiger partial charge in [-0.2, -0.15) is 0 Å². The number of alkyl carbamates (subject to hydrolysis) is 1. The highest BCUT2D eigenvalue weighted by atomic mass is 79.9. The molecule has 1 rings (SSSR count). The average molecular weight is 347 g/mol. The number of rotatable bonds is 4. The highest BCUT2D eigenvalue weighted by Gasteiger charge is 2.20. The number of amides is 1. The zero-order valence-electron chi connectivity index (χ0n) is 11.9. The summed E-state index contributed by atoms with van der Waals surface area (Å²) >= 11 is 3.30. The van der Waals surface area contributed by atoms with Crippen molar-refractivity contribution >= 4 is 22.0 Å². The van der Waals surface area contributed by atoms with Crippen LogP contribution in [0, 0.1) is 5.82 Å². The second-order valence-electron chi connectivity index (χ2n) is 5.45. The largest absolute Gasteiger partial charge is 0.444 e. The van der Waals surface area contributed by atoms with Crippen LogP contribution >= 0.6 is 15.9 Å². The van der Waals surface area contributed by atoms with E-state index in [-0.39, 0.29) is 24.8 Å². The van der Waals surface area contributed by atoms with E-state index in [2.05, 4.69) is 21.2 Å². The van der Waals surface area contributed by atoms with E-state index in [0.29, 0.717) is 10.0 Å². The van der Waals surface area contributed by atoms with Crippen molar-refractivity contribution < 1.29 is 13.9 Å². The lowest BCUT2D eigenvalue weighted by atomic mass is 9.98. The van der Waals surface area contributed by atoms with Crippen molar-refractivity contribution in [3.8, 4) is 0 Å². The summed E-state index contributed by atoms with van der Waals surface area (Å²) in [6.07, 6.45) is -0.539. The van der Waals surface area contributed by atoms with Gasteiger partial charge in [-0.25, -0.2) is 9.18 Å². The number of nitrogens with one attached hydrogen (secondary N) is 1. The molecular formula is C14H20BrFN2O2. The van der Waals surface area contributed by atoms with E-state index < -0.39 is 11.7 Å². The minimum Gasteiger partial charge on any atom is -0.444 e. The van der Waals surface area contributed by atoms with Crippen molar-refractivity contribution in [1.82, 2.24) is 5.32 Å². The highest BCUT2D eigenvalue weighted by molar-refractivity contribution is 9.10. The van der Waals surface area contributed by atoms with E-state index in [1.54, 1.807) is 32.9 Å². The molecule has 1 unspecified atom stereocenters. The van der Waals surface area contributed by atoms with E-state index in [1.807, 2.05) is 0 Å². The molecule has 0 aliphatic carbocycles. The number of ether oxygens (including phenoxy) is 1. The number of hydrogen-bond acceptors (Lipinski definition) is 3. The van der Waals surface area contributed by atoms with Crippen molar-refractivity contribution in [2.75, 3.05) is 13.1 Å². The SMILES string of the molecule is CC(C)(C)OC(=O)NCC(CN)c1c(F)cccc1Br. The molecule has 0 saturated carbocycles.